The van der Waals surface area contributed by atoms with Gasteiger partial charge in [0.25, 0.3) is 5.91 Å². The van der Waals surface area contributed by atoms with E-state index >= 15 is 0 Å². The monoisotopic (exact) mass is 415 g/mol. The third kappa shape index (κ3) is 5.58. The Morgan fingerprint density at radius 1 is 1.17 bits per heavy atom. The highest BCUT2D eigenvalue weighted by Crippen LogP contribution is 2.18. The van der Waals surface area contributed by atoms with Crippen molar-refractivity contribution in [3.8, 4) is 0 Å². The average Bonchev–Trinajstić information content (AvgIpc) is 3.27. The number of nitrogens with zero attached hydrogens (tertiary/aromatic N) is 2. The van der Waals surface area contributed by atoms with Gasteiger partial charge in [-0.15, -0.1) is 11.3 Å². The van der Waals surface area contributed by atoms with E-state index < -0.39 is 6.04 Å². The normalized spacial score (nSPS) is 15.2. The van der Waals surface area contributed by atoms with Gasteiger partial charge in [-0.25, -0.2) is 0 Å². The average molecular weight is 416 g/mol. The van der Waals surface area contributed by atoms with Gasteiger partial charge in [-0.1, -0.05) is 32.0 Å². The molecule has 2 aromatic rings. The molecule has 3 rings (SSSR count). The number of carbonyl (C=O) groups excluding carboxylic acids is 2. The summed E-state index contributed by atoms with van der Waals surface area (Å²) in [4.78, 5) is 30.0. The van der Waals surface area contributed by atoms with Crippen LogP contribution in [0.2, 0.25) is 0 Å². The van der Waals surface area contributed by atoms with E-state index in [1.807, 2.05) is 25.3 Å². The first-order chi connectivity index (χ1) is 14.0. The molecular weight excluding hydrogens is 386 g/mol. The lowest BCUT2D eigenvalue weighted by Crippen LogP contribution is -2.49. The van der Waals surface area contributed by atoms with Crippen LogP contribution in [0, 0.1) is 5.92 Å². The van der Waals surface area contributed by atoms with Crippen molar-refractivity contribution in [3.05, 3.63) is 52.2 Å². The second-order valence-electron chi connectivity index (χ2n) is 7.63. The number of likely N-dealkylation sites (N-methyl/N-ethyl adjacent to an activating group) is 1. The van der Waals surface area contributed by atoms with E-state index in [-0.39, 0.29) is 17.7 Å². The Labute approximate surface area is 176 Å². The minimum Gasteiger partial charge on any atom is -0.378 e. The lowest BCUT2D eigenvalue weighted by Gasteiger charge is -2.29. The smallest absolute Gasteiger partial charge is 0.262 e. The maximum absolute atomic E-state index is 13.0. The molecule has 0 unspecified atom stereocenters. The van der Waals surface area contributed by atoms with Gasteiger partial charge in [0.2, 0.25) is 5.91 Å². The Hall–Kier alpha value is -2.38. The van der Waals surface area contributed by atoms with Crippen molar-refractivity contribution in [2.24, 2.45) is 5.92 Å². The van der Waals surface area contributed by atoms with Gasteiger partial charge in [-0.05, 0) is 35.1 Å². The second kappa shape index (κ2) is 9.89. The summed E-state index contributed by atoms with van der Waals surface area (Å²) in [5.41, 5.74) is 2.24. The second-order valence-corrected chi connectivity index (χ2v) is 8.58. The zero-order valence-electron chi connectivity index (χ0n) is 17.3. The Morgan fingerprint density at radius 3 is 2.45 bits per heavy atom. The minimum atomic E-state index is -0.553. The van der Waals surface area contributed by atoms with Gasteiger partial charge in [0.1, 0.15) is 6.04 Å². The number of anilines is 1. The number of ether oxygens (including phenoxy) is 1. The first-order valence-corrected chi connectivity index (χ1v) is 10.8. The van der Waals surface area contributed by atoms with E-state index in [1.165, 1.54) is 17.0 Å². The Balaban J connectivity index is 1.60. The van der Waals surface area contributed by atoms with Crippen LogP contribution in [-0.4, -0.2) is 56.1 Å². The predicted octanol–water partition coefficient (Wildman–Crippen LogP) is 3.00. The molecule has 2 heterocycles. The molecule has 1 N–H and O–H groups in total. The highest BCUT2D eigenvalue weighted by Gasteiger charge is 2.27. The largest absolute Gasteiger partial charge is 0.378 e. The van der Waals surface area contributed by atoms with Crippen molar-refractivity contribution in [1.82, 2.24) is 10.2 Å². The van der Waals surface area contributed by atoms with Gasteiger partial charge in [0.05, 0.1) is 18.1 Å². The SMILES string of the molecule is CC(C)[C@H](NC(=O)c1cccs1)C(=O)N(C)Cc1ccc(N2CCOCC2)cc1. The van der Waals surface area contributed by atoms with Crippen molar-refractivity contribution >= 4 is 28.8 Å². The zero-order valence-corrected chi connectivity index (χ0v) is 18.1. The summed E-state index contributed by atoms with van der Waals surface area (Å²) >= 11 is 1.37. The molecule has 0 aliphatic carbocycles. The summed E-state index contributed by atoms with van der Waals surface area (Å²) in [5.74, 6) is -0.282. The van der Waals surface area contributed by atoms with Crippen LogP contribution in [0.3, 0.4) is 0 Å². The van der Waals surface area contributed by atoms with Crippen molar-refractivity contribution in [2.45, 2.75) is 26.4 Å². The number of thiophene rings is 1. The van der Waals surface area contributed by atoms with Gasteiger partial charge >= 0.3 is 0 Å². The minimum absolute atomic E-state index is 0.00226. The molecule has 1 fully saturated rings. The van der Waals surface area contributed by atoms with Crippen LogP contribution in [0.25, 0.3) is 0 Å². The maximum Gasteiger partial charge on any atom is 0.262 e. The highest BCUT2D eigenvalue weighted by molar-refractivity contribution is 7.12. The summed E-state index contributed by atoms with van der Waals surface area (Å²) < 4.78 is 5.40. The molecule has 0 bridgehead atoms. The van der Waals surface area contributed by atoms with E-state index in [0.29, 0.717) is 11.4 Å². The van der Waals surface area contributed by atoms with Crippen molar-refractivity contribution < 1.29 is 14.3 Å². The number of benzene rings is 1. The fourth-order valence-corrected chi connectivity index (χ4v) is 3.98. The Bertz CT molecular complexity index is 799. The van der Waals surface area contributed by atoms with E-state index in [2.05, 4.69) is 34.5 Å². The molecular formula is C22H29N3O3S. The van der Waals surface area contributed by atoms with E-state index in [9.17, 15) is 9.59 Å². The third-order valence-corrected chi connectivity index (χ3v) is 5.94. The number of hydrogen-bond acceptors (Lipinski definition) is 5. The number of morpholine rings is 1. The molecule has 29 heavy (non-hydrogen) atoms. The molecule has 6 nitrogen and oxygen atoms in total. The van der Waals surface area contributed by atoms with E-state index in [1.54, 1.807) is 18.0 Å². The number of nitrogens with one attached hydrogen (secondary N) is 1. The number of rotatable bonds is 7. The summed E-state index contributed by atoms with van der Waals surface area (Å²) in [5, 5.41) is 4.75. The molecule has 2 amide bonds. The van der Waals surface area contributed by atoms with Crippen LogP contribution in [-0.2, 0) is 16.1 Å². The van der Waals surface area contributed by atoms with Crippen LogP contribution in [0.15, 0.2) is 41.8 Å². The first-order valence-electron chi connectivity index (χ1n) is 9.96. The summed E-state index contributed by atoms with van der Waals surface area (Å²) in [6, 6.07) is 11.4. The van der Waals surface area contributed by atoms with Gasteiger partial charge in [0, 0.05) is 32.4 Å². The van der Waals surface area contributed by atoms with Crippen molar-refractivity contribution in [1.29, 1.82) is 0 Å². The summed E-state index contributed by atoms with van der Waals surface area (Å²) in [6.07, 6.45) is 0. The van der Waals surface area contributed by atoms with Crippen LogP contribution < -0.4 is 10.2 Å². The van der Waals surface area contributed by atoms with Crippen LogP contribution in [0.4, 0.5) is 5.69 Å². The van der Waals surface area contributed by atoms with Gasteiger partial charge < -0.3 is 19.9 Å². The molecule has 1 saturated heterocycles. The van der Waals surface area contributed by atoms with Crippen LogP contribution in [0.1, 0.15) is 29.1 Å². The van der Waals surface area contributed by atoms with Gasteiger partial charge in [0.15, 0.2) is 0 Å². The third-order valence-electron chi connectivity index (χ3n) is 5.07. The topological polar surface area (TPSA) is 61.9 Å². The first kappa shape index (κ1) is 21.3. The zero-order chi connectivity index (χ0) is 20.8. The fourth-order valence-electron chi connectivity index (χ4n) is 3.36. The number of carbonyl (C=O) groups is 2. The van der Waals surface area contributed by atoms with Gasteiger partial charge in [-0.3, -0.25) is 9.59 Å². The van der Waals surface area contributed by atoms with Crippen molar-refractivity contribution in [3.63, 3.8) is 0 Å². The van der Waals surface area contributed by atoms with E-state index in [4.69, 9.17) is 4.74 Å². The van der Waals surface area contributed by atoms with Crippen LogP contribution in [0.5, 0.6) is 0 Å². The lowest BCUT2D eigenvalue weighted by atomic mass is 10.0. The predicted molar refractivity (Wildman–Crippen MR) is 116 cm³/mol. The number of hydrogen-bond donors (Lipinski definition) is 1. The fraction of sp³-hybridized carbons (Fsp3) is 0.455. The van der Waals surface area contributed by atoms with E-state index in [0.717, 1.165) is 31.9 Å². The molecule has 1 aliphatic heterocycles. The molecule has 1 aromatic carbocycles. The maximum atomic E-state index is 13.0. The summed E-state index contributed by atoms with van der Waals surface area (Å²) in [7, 11) is 1.78. The van der Waals surface area contributed by atoms with Gasteiger partial charge in [-0.2, -0.15) is 0 Å². The molecule has 156 valence electrons. The molecule has 1 aliphatic rings. The quantitative estimate of drug-likeness (QED) is 0.755. The molecule has 1 atom stereocenters. The number of amides is 2. The highest BCUT2D eigenvalue weighted by atomic mass is 32.1. The molecule has 0 spiro atoms. The molecule has 0 radical (unpaired) electrons. The lowest BCUT2D eigenvalue weighted by molar-refractivity contribution is -0.133. The molecule has 7 heteroatoms. The Morgan fingerprint density at radius 2 is 1.86 bits per heavy atom. The molecule has 0 saturated carbocycles. The Kier molecular flexibility index (Phi) is 7.28. The standard InChI is InChI=1S/C22H29N3O3S/c1-16(2)20(23-21(26)19-5-4-14-29-19)22(27)24(3)15-17-6-8-18(9-7-17)25-10-12-28-13-11-25/h4-9,14,16,20H,10-13,15H2,1-3H3,(H,23,26)/t20-/m0/s1. The summed E-state index contributed by atoms with van der Waals surface area (Å²) in [6.45, 7) is 7.71. The van der Waals surface area contributed by atoms with Crippen LogP contribution >= 0.6 is 11.3 Å². The molecule has 1 aromatic heterocycles. The van der Waals surface area contributed by atoms with Crippen molar-refractivity contribution in [2.75, 3.05) is 38.3 Å².